The normalized spacial score (nSPS) is 27.4. The molecule has 1 heterocycles. The molecule has 0 radical (unpaired) electrons. The molecule has 0 aromatic heterocycles. The molecule has 0 spiro atoms. The summed E-state index contributed by atoms with van der Waals surface area (Å²) in [4.78, 5) is 12.2. The van der Waals surface area contributed by atoms with Gasteiger partial charge in [-0.2, -0.15) is 0 Å². The molecule has 3 unspecified atom stereocenters. The zero-order valence-corrected chi connectivity index (χ0v) is 15.0. The van der Waals surface area contributed by atoms with Gasteiger partial charge in [-0.3, -0.25) is 4.79 Å². The molecule has 2 N–H and O–H groups in total. The number of ether oxygens (including phenoxy) is 1. The first-order valence-corrected chi connectivity index (χ1v) is 10.5. The lowest BCUT2D eigenvalue weighted by Gasteiger charge is -2.21. The average Bonchev–Trinajstić information content (AvgIpc) is 3.26. The summed E-state index contributed by atoms with van der Waals surface area (Å²) in [6.45, 7) is 1.39. The number of hydrogen-bond donors (Lipinski definition) is 2. The van der Waals surface area contributed by atoms with Crippen LogP contribution in [0.2, 0.25) is 0 Å². The van der Waals surface area contributed by atoms with E-state index < -0.39 is 10.0 Å². The van der Waals surface area contributed by atoms with E-state index >= 15 is 0 Å². The molecule has 1 aromatic carbocycles. The van der Waals surface area contributed by atoms with Crippen molar-refractivity contribution in [2.75, 3.05) is 13.1 Å². The van der Waals surface area contributed by atoms with E-state index in [0.717, 1.165) is 23.0 Å². The van der Waals surface area contributed by atoms with E-state index in [4.69, 9.17) is 4.74 Å². The van der Waals surface area contributed by atoms with Crippen LogP contribution < -0.4 is 10.0 Å². The SMILES string of the molecule is O=C(CNS(=O)(=O)c1ccc2c(c1)COC2)NCC1CCCC2CC12. The molecule has 0 bridgehead atoms. The van der Waals surface area contributed by atoms with Crippen molar-refractivity contribution < 1.29 is 17.9 Å². The van der Waals surface area contributed by atoms with Gasteiger partial charge in [0.05, 0.1) is 24.7 Å². The van der Waals surface area contributed by atoms with Crippen molar-refractivity contribution in [3.8, 4) is 0 Å². The number of carbonyl (C=O) groups excluding carboxylic acids is 1. The molecule has 0 saturated heterocycles. The summed E-state index contributed by atoms with van der Waals surface area (Å²) in [6.07, 6.45) is 5.05. The Morgan fingerprint density at radius 1 is 1.20 bits per heavy atom. The molecule has 6 nitrogen and oxygen atoms in total. The van der Waals surface area contributed by atoms with Crippen LogP contribution >= 0.6 is 0 Å². The monoisotopic (exact) mass is 364 g/mol. The molecular weight excluding hydrogens is 340 g/mol. The fourth-order valence-electron chi connectivity index (χ4n) is 4.16. The Labute approximate surface area is 148 Å². The summed E-state index contributed by atoms with van der Waals surface area (Å²) in [7, 11) is -3.69. The maximum Gasteiger partial charge on any atom is 0.241 e. The largest absolute Gasteiger partial charge is 0.372 e. The summed E-state index contributed by atoms with van der Waals surface area (Å²) in [5, 5.41) is 2.89. The van der Waals surface area contributed by atoms with Gasteiger partial charge in [0.1, 0.15) is 0 Å². The predicted octanol–water partition coefficient (Wildman–Crippen LogP) is 1.55. The van der Waals surface area contributed by atoms with E-state index in [-0.39, 0.29) is 17.3 Å². The molecule has 25 heavy (non-hydrogen) atoms. The van der Waals surface area contributed by atoms with Crippen molar-refractivity contribution in [1.82, 2.24) is 10.0 Å². The highest BCUT2D eigenvalue weighted by atomic mass is 32.2. The average molecular weight is 364 g/mol. The van der Waals surface area contributed by atoms with E-state index in [1.54, 1.807) is 18.2 Å². The van der Waals surface area contributed by atoms with E-state index in [1.165, 1.54) is 25.7 Å². The lowest BCUT2D eigenvalue weighted by atomic mass is 9.89. The molecule has 2 saturated carbocycles. The predicted molar refractivity (Wildman–Crippen MR) is 92.1 cm³/mol. The fourth-order valence-corrected chi connectivity index (χ4v) is 5.19. The van der Waals surface area contributed by atoms with E-state index in [1.807, 2.05) is 0 Å². The summed E-state index contributed by atoms with van der Waals surface area (Å²) >= 11 is 0. The van der Waals surface area contributed by atoms with Gasteiger partial charge in [0.25, 0.3) is 0 Å². The minimum Gasteiger partial charge on any atom is -0.372 e. The maximum absolute atomic E-state index is 12.4. The molecular formula is C18H24N2O4S. The molecule has 3 atom stereocenters. The Kier molecular flexibility index (Phi) is 4.56. The Bertz CT molecular complexity index is 777. The topological polar surface area (TPSA) is 84.5 Å². The third-order valence-electron chi connectivity index (χ3n) is 5.72. The van der Waals surface area contributed by atoms with Crippen molar-refractivity contribution in [2.45, 2.75) is 43.8 Å². The number of carbonyl (C=O) groups is 1. The Morgan fingerprint density at radius 3 is 2.92 bits per heavy atom. The third-order valence-corrected chi connectivity index (χ3v) is 7.12. The van der Waals surface area contributed by atoms with Crippen LogP contribution in [-0.2, 0) is 32.8 Å². The van der Waals surface area contributed by atoms with Crippen molar-refractivity contribution in [3.05, 3.63) is 29.3 Å². The zero-order valence-electron chi connectivity index (χ0n) is 14.2. The first kappa shape index (κ1) is 17.0. The summed E-state index contributed by atoms with van der Waals surface area (Å²) in [6, 6.07) is 4.95. The molecule has 1 aliphatic heterocycles. The lowest BCUT2D eigenvalue weighted by molar-refractivity contribution is -0.120. The molecule has 1 aromatic rings. The minimum absolute atomic E-state index is 0.178. The number of rotatable bonds is 6. The number of benzene rings is 1. The van der Waals surface area contributed by atoms with E-state index in [9.17, 15) is 13.2 Å². The first-order valence-electron chi connectivity index (χ1n) is 8.99. The molecule has 7 heteroatoms. The second-order valence-corrected chi connectivity index (χ2v) is 9.17. The van der Waals surface area contributed by atoms with Gasteiger partial charge in [0.2, 0.25) is 15.9 Å². The van der Waals surface area contributed by atoms with Gasteiger partial charge < -0.3 is 10.1 Å². The second kappa shape index (κ2) is 6.70. The highest BCUT2D eigenvalue weighted by Gasteiger charge is 2.44. The van der Waals surface area contributed by atoms with Crippen LogP contribution in [0, 0.1) is 17.8 Å². The number of nitrogens with one attached hydrogen (secondary N) is 2. The number of fused-ring (bicyclic) bond motifs is 2. The van der Waals surface area contributed by atoms with Gasteiger partial charge in [0.15, 0.2) is 0 Å². The second-order valence-electron chi connectivity index (χ2n) is 7.40. The van der Waals surface area contributed by atoms with Gasteiger partial charge in [-0.1, -0.05) is 18.9 Å². The van der Waals surface area contributed by atoms with Crippen LogP contribution in [0.4, 0.5) is 0 Å². The number of hydrogen-bond acceptors (Lipinski definition) is 4. The van der Waals surface area contributed by atoms with Gasteiger partial charge in [-0.25, -0.2) is 13.1 Å². The van der Waals surface area contributed by atoms with Gasteiger partial charge in [0, 0.05) is 6.54 Å². The van der Waals surface area contributed by atoms with Gasteiger partial charge in [-0.15, -0.1) is 0 Å². The van der Waals surface area contributed by atoms with E-state index in [2.05, 4.69) is 10.0 Å². The summed E-state index contributed by atoms with van der Waals surface area (Å²) in [5.41, 5.74) is 1.91. The smallest absolute Gasteiger partial charge is 0.241 e. The van der Waals surface area contributed by atoms with Crippen LogP contribution in [0.3, 0.4) is 0 Å². The zero-order chi connectivity index (χ0) is 17.4. The van der Waals surface area contributed by atoms with Crippen molar-refractivity contribution in [1.29, 1.82) is 0 Å². The number of amides is 1. The van der Waals surface area contributed by atoms with Crippen LogP contribution in [0.1, 0.15) is 36.8 Å². The van der Waals surface area contributed by atoms with Crippen LogP contribution in [0.15, 0.2) is 23.1 Å². The molecule has 2 fully saturated rings. The van der Waals surface area contributed by atoms with E-state index in [0.29, 0.717) is 25.7 Å². The molecule has 3 aliphatic rings. The van der Waals surface area contributed by atoms with Crippen LogP contribution in [0.5, 0.6) is 0 Å². The quantitative estimate of drug-likeness (QED) is 0.802. The highest BCUT2D eigenvalue weighted by Crippen LogP contribution is 2.52. The maximum atomic E-state index is 12.4. The fraction of sp³-hybridized carbons (Fsp3) is 0.611. The highest BCUT2D eigenvalue weighted by molar-refractivity contribution is 7.89. The Balaban J connectivity index is 1.28. The van der Waals surface area contributed by atoms with Crippen LogP contribution in [0.25, 0.3) is 0 Å². The number of sulfonamides is 1. The summed E-state index contributed by atoms with van der Waals surface area (Å²) in [5.74, 6) is 1.95. The van der Waals surface area contributed by atoms with Crippen molar-refractivity contribution >= 4 is 15.9 Å². The first-order chi connectivity index (χ1) is 12.0. The summed E-state index contributed by atoms with van der Waals surface area (Å²) < 4.78 is 32.4. The van der Waals surface area contributed by atoms with Gasteiger partial charge >= 0.3 is 0 Å². The molecule has 2 aliphatic carbocycles. The lowest BCUT2D eigenvalue weighted by Crippen LogP contribution is -2.39. The Hall–Kier alpha value is -1.44. The van der Waals surface area contributed by atoms with Gasteiger partial charge in [-0.05, 0) is 53.9 Å². The Morgan fingerprint density at radius 2 is 2.04 bits per heavy atom. The molecule has 136 valence electrons. The molecule has 4 rings (SSSR count). The minimum atomic E-state index is -3.69. The third kappa shape index (κ3) is 3.73. The van der Waals surface area contributed by atoms with Crippen molar-refractivity contribution in [3.63, 3.8) is 0 Å². The molecule has 1 amide bonds. The van der Waals surface area contributed by atoms with Crippen LogP contribution in [-0.4, -0.2) is 27.4 Å². The standard InChI is InChI=1S/C18H24N2O4S/c21-18(19-8-13-3-1-2-12-7-17(12)13)9-20-25(22,23)16-5-4-14-10-24-11-15(14)6-16/h4-6,12-13,17,20H,1-3,7-11H2,(H,19,21). The van der Waals surface area contributed by atoms with Crippen molar-refractivity contribution in [2.24, 2.45) is 17.8 Å².